The quantitative estimate of drug-likeness (QED) is 0.618. The highest BCUT2D eigenvalue weighted by Crippen LogP contribution is 2.24. The van der Waals surface area contributed by atoms with Crippen LogP contribution in [0.4, 0.5) is 0 Å². The molecule has 0 aliphatic carbocycles. The Hall–Kier alpha value is -1.24. The van der Waals surface area contributed by atoms with Gasteiger partial charge in [-0.2, -0.15) is 0 Å². The lowest BCUT2D eigenvalue weighted by atomic mass is 10.1. The highest BCUT2D eigenvalue weighted by atomic mass is 32.1. The minimum Gasteiger partial charge on any atom is -0.479 e. The third-order valence-corrected chi connectivity index (χ3v) is 2.56. The fourth-order valence-electron chi connectivity index (χ4n) is 0.976. The molecule has 0 aromatic carbocycles. The molecule has 1 aromatic heterocycles. The Kier molecular flexibility index (Phi) is 3.34. The minimum absolute atomic E-state index is 0.139. The molecule has 0 saturated carbocycles. The predicted octanol–water partition coefficient (Wildman–Crippen LogP) is 0.0395. The minimum atomic E-state index is -1.91. The van der Waals surface area contributed by atoms with Crippen molar-refractivity contribution in [2.24, 2.45) is 0 Å². The summed E-state index contributed by atoms with van der Waals surface area (Å²) < 4.78 is 0. The molecule has 0 radical (unpaired) electrons. The first-order valence-electron chi connectivity index (χ1n) is 3.69. The number of rotatable bonds is 4. The van der Waals surface area contributed by atoms with E-state index in [0.29, 0.717) is 6.29 Å². The molecule has 6 heteroatoms. The van der Waals surface area contributed by atoms with Gasteiger partial charge < -0.3 is 15.3 Å². The number of thiophene rings is 1. The van der Waals surface area contributed by atoms with E-state index in [4.69, 9.17) is 10.2 Å². The predicted molar refractivity (Wildman–Crippen MR) is 48.3 cm³/mol. The molecule has 2 unspecified atom stereocenters. The van der Waals surface area contributed by atoms with E-state index in [1.165, 1.54) is 11.4 Å². The SMILES string of the molecule is O=Cc1sccc1C(O)C(O)C(=O)O. The zero-order valence-corrected chi connectivity index (χ0v) is 7.77. The molecule has 0 bridgehead atoms. The van der Waals surface area contributed by atoms with Crippen molar-refractivity contribution in [2.75, 3.05) is 0 Å². The van der Waals surface area contributed by atoms with Crippen LogP contribution in [-0.2, 0) is 4.79 Å². The van der Waals surface area contributed by atoms with Crippen LogP contribution in [0.25, 0.3) is 0 Å². The lowest BCUT2D eigenvalue weighted by Crippen LogP contribution is -2.27. The highest BCUT2D eigenvalue weighted by Gasteiger charge is 2.27. The van der Waals surface area contributed by atoms with E-state index in [0.717, 1.165) is 11.3 Å². The molecular formula is C8H8O5S. The number of aliphatic carboxylic acids is 1. The molecule has 1 rings (SSSR count). The largest absolute Gasteiger partial charge is 0.479 e. The van der Waals surface area contributed by atoms with E-state index >= 15 is 0 Å². The molecule has 1 aromatic rings. The standard InChI is InChI=1S/C8H8O5S/c9-3-5-4(1-2-14-5)6(10)7(11)8(12)13/h1-3,6-7,10-11H,(H,12,13). The molecule has 76 valence electrons. The Morgan fingerprint density at radius 2 is 2.14 bits per heavy atom. The first-order chi connectivity index (χ1) is 6.57. The van der Waals surface area contributed by atoms with Crippen molar-refractivity contribution in [1.82, 2.24) is 0 Å². The van der Waals surface area contributed by atoms with Crippen molar-refractivity contribution in [1.29, 1.82) is 0 Å². The number of hydrogen-bond donors (Lipinski definition) is 3. The van der Waals surface area contributed by atoms with E-state index in [9.17, 15) is 14.7 Å². The maximum absolute atomic E-state index is 10.5. The zero-order valence-electron chi connectivity index (χ0n) is 6.95. The average Bonchev–Trinajstić information content (AvgIpc) is 2.62. The van der Waals surface area contributed by atoms with Crippen LogP contribution >= 0.6 is 11.3 Å². The van der Waals surface area contributed by atoms with Crippen molar-refractivity contribution >= 4 is 23.6 Å². The number of carbonyl (C=O) groups excluding carboxylic acids is 1. The maximum atomic E-state index is 10.5. The van der Waals surface area contributed by atoms with Gasteiger partial charge in [0.05, 0.1) is 4.88 Å². The first-order valence-corrected chi connectivity index (χ1v) is 4.57. The molecule has 5 nitrogen and oxygen atoms in total. The van der Waals surface area contributed by atoms with E-state index in [-0.39, 0.29) is 10.4 Å². The van der Waals surface area contributed by atoms with Crippen LogP contribution in [-0.4, -0.2) is 33.7 Å². The summed E-state index contributed by atoms with van der Waals surface area (Å²) in [5.74, 6) is -1.53. The molecule has 0 aliphatic heterocycles. The summed E-state index contributed by atoms with van der Waals surface area (Å²) >= 11 is 1.07. The number of carboxylic acid groups (broad SMARTS) is 1. The highest BCUT2D eigenvalue weighted by molar-refractivity contribution is 7.11. The van der Waals surface area contributed by atoms with Crippen molar-refractivity contribution in [3.8, 4) is 0 Å². The molecule has 0 spiro atoms. The smallest absolute Gasteiger partial charge is 0.335 e. The zero-order chi connectivity index (χ0) is 10.7. The van der Waals surface area contributed by atoms with E-state index in [1.54, 1.807) is 0 Å². The molecule has 2 atom stereocenters. The molecule has 0 saturated heterocycles. The molecule has 0 aliphatic rings. The number of aliphatic hydroxyl groups is 2. The number of carbonyl (C=O) groups is 2. The van der Waals surface area contributed by atoms with Crippen molar-refractivity contribution < 1.29 is 24.9 Å². The van der Waals surface area contributed by atoms with Gasteiger partial charge >= 0.3 is 5.97 Å². The van der Waals surface area contributed by atoms with E-state index < -0.39 is 18.2 Å². The summed E-state index contributed by atoms with van der Waals surface area (Å²) in [6, 6.07) is 1.41. The van der Waals surface area contributed by atoms with Gasteiger partial charge in [0.2, 0.25) is 0 Å². The number of aliphatic hydroxyl groups excluding tert-OH is 2. The summed E-state index contributed by atoms with van der Waals surface area (Å²) in [6.45, 7) is 0. The summed E-state index contributed by atoms with van der Waals surface area (Å²) in [4.78, 5) is 21.0. The monoisotopic (exact) mass is 216 g/mol. The number of hydrogen-bond acceptors (Lipinski definition) is 5. The second-order valence-corrected chi connectivity index (χ2v) is 3.53. The number of aldehydes is 1. The van der Waals surface area contributed by atoms with Gasteiger partial charge in [0, 0.05) is 5.56 Å². The summed E-state index contributed by atoms with van der Waals surface area (Å²) in [7, 11) is 0. The van der Waals surface area contributed by atoms with Crippen LogP contribution in [0, 0.1) is 0 Å². The van der Waals surface area contributed by atoms with Crippen LogP contribution in [0.3, 0.4) is 0 Å². The molecule has 0 amide bonds. The Labute approximate surface area is 83.2 Å². The van der Waals surface area contributed by atoms with E-state index in [1.807, 2.05) is 0 Å². The van der Waals surface area contributed by atoms with Gasteiger partial charge in [-0.3, -0.25) is 4.79 Å². The van der Waals surface area contributed by atoms with Gasteiger partial charge in [-0.15, -0.1) is 11.3 Å². The van der Waals surface area contributed by atoms with Crippen LogP contribution in [0.2, 0.25) is 0 Å². The second-order valence-electron chi connectivity index (χ2n) is 2.59. The van der Waals surface area contributed by atoms with Gasteiger partial charge in [-0.1, -0.05) is 0 Å². The van der Waals surface area contributed by atoms with Crippen LogP contribution in [0.15, 0.2) is 11.4 Å². The fraction of sp³-hybridized carbons (Fsp3) is 0.250. The normalized spacial score (nSPS) is 14.7. The van der Waals surface area contributed by atoms with Gasteiger partial charge in [0.1, 0.15) is 6.10 Å². The van der Waals surface area contributed by atoms with Crippen molar-refractivity contribution in [3.05, 3.63) is 21.9 Å². The molecule has 1 heterocycles. The van der Waals surface area contributed by atoms with Gasteiger partial charge in [-0.05, 0) is 11.4 Å². The van der Waals surface area contributed by atoms with Crippen LogP contribution in [0.5, 0.6) is 0 Å². The first kappa shape index (κ1) is 10.8. The van der Waals surface area contributed by atoms with Crippen molar-refractivity contribution in [3.63, 3.8) is 0 Å². The lowest BCUT2D eigenvalue weighted by Gasteiger charge is -2.12. The molecule has 3 N–H and O–H groups in total. The van der Waals surface area contributed by atoms with Gasteiger partial charge in [-0.25, -0.2) is 4.79 Å². The maximum Gasteiger partial charge on any atom is 0.335 e. The fourth-order valence-corrected chi connectivity index (χ4v) is 1.72. The Balaban J connectivity index is 2.93. The summed E-state index contributed by atoms with van der Waals surface area (Å²) in [5, 5.41) is 28.4. The number of carboxylic acids is 1. The molecular weight excluding hydrogens is 208 g/mol. The van der Waals surface area contributed by atoms with Gasteiger partial charge in [0.25, 0.3) is 0 Å². The summed E-state index contributed by atoms with van der Waals surface area (Å²) in [6.07, 6.45) is -2.97. The van der Waals surface area contributed by atoms with Gasteiger partial charge in [0.15, 0.2) is 12.4 Å². The van der Waals surface area contributed by atoms with E-state index in [2.05, 4.69) is 0 Å². The second kappa shape index (κ2) is 4.32. The Morgan fingerprint density at radius 1 is 1.50 bits per heavy atom. The third kappa shape index (κ3) is 1.98. The summed E-state index contributed by atoms with van der Waals surface area (Å²) in [5.41, 5.74) is 0.139. The topological polar surface area (TPSA) is 94.8 Å². The van der Waals surface area contributed by atoms with Crippen molar-refractivity contribution in [2.45, 2.75) is 12.2 Å². The Morgan fingerprint density at radius 3 is 2.64 bits per heavy atom. The van der Waals surface area contributed by atoms with Crippen LogP contribution < -0.4 is 0 Å². The van der Waals surface area contributed by atoms with Crippen LogP contribution in [0.1, 0.15) is 21.3 Å². The molecule has 0 fully saturated rings. The Bertz CT molecular complexity index is 345. The molecule has 14 heavy (non-hydrogen) atoms. The lowest BCUT2D eigenvalue weighted by molar-refractivity contribution is -0.153. The average molecular weight is 216 g/mol. The third-order valence-electron chi connectivity index (χ3n) is 1.70.